The SMILES string of the molecule is O=C(c1ccccc1-c1ncc(-c2ccccc2F)o1)N1CCN(CCO)CC1. The maximum absolute atomic E-state index is 14.1. The van der Waals surface area contributed by atoms with E-state index in [0.29, 0.717) is 42.1 Å². The molecule has 29 heavy (non-hydrogen) atoms. The van der Waals surface area contributed by atoms with E-state index in [1.165, 1.54) is 12.3 Å². The molecule has 1 aliphatic rings. The molecule has 6 nitrogen and oxygen atoms in total. The van der Waals surface area contributed by atoms with Crippen LogP contribution in [0.1, 0.15) is 10.4 Å². The predicted octanol–water partition coefficient (Wildman–Crippen LogP) is 2.90. The van der Waals surface area contributed by atoms with E-state index in [0.717, 1.165) is 13.1 Å². The monoisotopic (exact) mass is 395 g/mol. The Morgan fingerprint density at radius 2 is 1.72 bits per heavy atom. The lowest BCUT2D eigenvalue weighted by atomic mass is 10.1. The van der Waals surface area contributed by atoms with E-state index in [1.807, 2.05) is 6.07 Å². The topological polar surface area (TPSA) is 69.8 Å². The van der Waals surface area contributed by atoms with Crippen molar-refractivity contribution in [1.29, 1.82) is 0 Å². The maximum atomic E-state index is 14.1. The van der Waals surface area contributed by atoms with Crippen LogP contribution in [0.25, 0.3) is 22.8 Å². The van der Waals surface area contributed by atoms with Gasteiger partial charge in [-0.1, -0.05) is 24.3 Å². The predicted molar refractivity (Wildman–Crippen MR) is 107 cm³/mol. The number of oxazole rings is 1. The van der Waals surface area contributed by atoms with Crippen LogP contribution in [0, 0.1) is 5.82 Å². The largest absolute Gasteiger partial charge is 0.436 e. The normalized spacial score (nSPS) is 14.9. The summed E-state index contributed by atoms with van der Waals surface area (Å²) in [6.45, 7) is 3.38. The van der Waals surface area contributed by atoms with E-state index in [-0.39, 0.29) is 24.2 Å². The highest BCUT2D eigenvalue weighted by Crippen LogP contribution is 2.30. The van der Waals surface area contributed by atoms with Gasteiger partial charge in [0.05, 0.1) is 23.9 Å². The Labute approximate surface area is 168 Å². The van der Waals surface area contributed by atoms with Crippen molar-refractivity contribution < 1.29 is 18.7 Å². The van der Waals surface area contributed by atoms with Crippen LogP contribution in [0.2, 0.25) is 0 Å². The van der Waals surface area contributed by atoms with E-state index in [4.69, 9.17) is 9.52 Å². The van der Waals surface area contributed by atoms with Crippen LogP contribution >= 0.6 is 0 Å². The van der Waals surface area contributed by atoms with Gasteiger partial charge in [-0.2, -0.15) is 0 Å². The van der Waals surface area contributed by atoms with Crippen molar-refractivity contribution >= 4 is 5.91 Å². The first-order chi connectivity index (χ1) is 14.2. The number of hydrogen-bond donors (Lipinski definition) is 1. The molecule has 4 rings (SSSR count). The number of piperazine rings is 1. The zero-order valence-electron chi connectivity index (χ0n) is 15.9. The second kappa shape index (κ2) is 8.55. The number of hydrogen-bond acceptors (Lipinski definition) is 5. The van der Waals surface area contributed by atoms with Gasteiger partial charge in [-0.3, -0.25) is 9.69 Å². The summed E-state index contributed by atoms with van der Waals surface area (Å²) in [4.78, 5) is 21.3. The summed E-state index contributed by atoms with van der Waals surface area (Å²) >= 11 is 0. The number of amides is 1. The van der Waals surface area contributed by atoms with E-state index >= 15 is 0 Å². The zero-order valence-corrected chi connectivity index (χ0v) is 15.9. The molecule has 1 aliphatic heterocycles. The highest BCUT2D eigenvalue weighted by atomic mass is 19.1. The fourth-order valence-electron chi connectivity index (χ4n) is 3.53. The fourth-order valence-corrected chi connectivity index (χ4v) is 3.53. The van der Waals surface area contributed by atoms with Gasteiger partial charge >= 0.3 is 0 Å². The van der Waals surface area contributed by atoms with Crippen molar-refractivity contribution in [3.05, 3.63) is 66.1 Å². The van der Waals surface area contributed by atoms with Crippen LogP contribution in [0.15, 0.2) is 59.1 Å². The molecule has 150 valence electrons. The lowest BCUT2D eigenvalue weighted by Crippen LogP contribution is -2.49. The molecule has 1 N–H and O–H groups in total. The standard InChI is InChI=1S/C22H22FN3O3/c23-19-8-4-3-7-18(19)20-15-24-21(29-20)16-5-1-2-6-17(16)22(28)26-11-9-25(10-12-26)13-14-27/h1-8,15,27H,9-14H2. The molecule has 3 aromatic rings. The molecule has 0 radical (unpaired) electrons. The maximum Gasteiger partial charge on any atom is 0.254 e. The van der Waals surface area contributed by atoms with Crippen molar-refractivity contribution in [3.8, 4) is 22.8 Å². The van der Waals surface area contributed by atoms with Crippen molar-refractivity contribution in [1.82, 2.24) is 14.8 Å². The van der Waals surface area contributed by atoms with Crippen LogP contribution < -0.4 is 0 Å². The first-order valence-corrected chi connectivity index (χ1v) is 9.60. The van der Waals surface area contributed by atoms with Crippen molar-refractivity contribution in [3.63, 3.8) is 0 Å². The highest BCUT2D eigenvalue weighted by molar-refractivity contribution is 6.00. The van der Waals surface area contributed by atoms with Crippen LogP contribution in [-0.4, -0.2) is 65.1 Å². The minimum Gasteiger partial charge on any atom is -0.436 e. The summed E-state index contributed by atoms with van der Waals surface area (Å²) in [6, 6.07) is 13.5. The minimum absolute atomic E-state index is 0.0881. The molecule has 0 unspecified atom stereocenters. The van der Waals surface area contributed by atoms with Crippen LogP contribution in [0.3, 0.4) is 0 Å². The number of halogens is 1. The summed E-state index contributed by atoms with van der Waals surface area (Å²) in [5.41, 5.74) is 1.41. The lowest BCUT2D eigenvalue weighted by molar-refractivity contribution is 0.0615. The molecule has 0 atom stereocenters. The molecule has 0 saturated carbocycles. The smallest absolute Gasteiger partial charge is 0.254 e. The van der Waals surface area contributed by atoms with Crippen LogP contribution in [0.4, 0.5) is 4.39 Å². The van der Waals surface area contributed by atoms with E-state index in [1.54, 1.807) is 41.3 Å². The van der Waals surface area contributed by atoms with Gasteiger partial charge < -0.3 is 14.4 Å². The van der Waals surface area contributed by atoms with Gasteiger partial charge in [0.1, 0.15) is 5.82 Å². The summed E-state index contributed by atoms with van der Waals surface area (Å²) in [7, 11) is 0. The zero-order chi connectivity index (χ0) is 20.2. The first-order valence-electron chi connectivity index (χ1n) is 9.60. The molecule has 7 heteroatoms. The van der Waals surface area contributed by atoms with Gasteiger partial charge in [0.2, 0.25) is 5.89 Å². The average Bonchev–Trinajstić information content (AvgIpc) is 3.24. The molecule has 2 aromatic carbocycles. The Kier molecular flexibility index (Phi) is 5.69. The molecular weight excluding hydrogens is 373 g/mol. The van der Waals surface area contributed by atoms with Gasteiger partial charge in [0, 0.05) is 38.3 Å². The number of carbonyl (C=O) groups excluding carboxylic acids is 1. The number of β-amino-alcohol motifs (C(OH)–C–C–N with tert-alkyl or cyclic N) is 1. The Balaban J connectivity index is 1.58. The number of rotatable bonds is 5. The Morgan fingerprint density at radius 1 is 1.03 bits per heavy atom. The Morgan fingerprint density at radius 3 is 2.45 bits per heavy atom. The van der Waals surface area contributed by atoms with Gasteiger partial charge in [-0.15, -0.1) is 0 Å². The number of aliphatic hydroxyl groups excluding tert-OH is 1. The van der Waals surface area contributed by atoms with Gasteiger partial charge in [0.15, 0.2) is 5.76 Å². The molecule has 2 heterocycles. The molecule has 0 spiro atoms. The van der Waals surface area contributed by atoms with Crippen molar-refractivity contribution in [2.45, 2.75) is 0 Å². The quantitative estimate of drug-likeness (QED) is 0.719. The molecule has 1 saturated heterocycles. The minimum atomic E-state index is -0.389. The summed E-state index contributed by atoms with van der Waals surface area (Å²) in [5, 5.41) is 9.07. The number of benzene rings is 2. The molecule has 0 bridgehead atoms. The van der Waals surface area contributed by atoms with E-state index in [2.05, 4.69) is 9.88 Å². The summed E-state index contributed by atoms with van der Waals surface area (Å²) in [6.07, 6.45) is 1.47. The average molecular weight is 395 g/mol. The number of carbonyl (C=O) groups is 1. The van der Waals surface area contributed by atoms with Gasteiger partial charge in [-0.05, 0) is 24.3 Å². The van der Waals surface area contributed by atoms with Crippen LogP contribution in [0.5, 0.6) is 0 Å². The number of aromatic nitrogens is 1. The third-order valence-electron chi connectivity index (χ3n) is 5.11. The third kappa shape index (κ3) is 4.06. The second-order valence-corrected chi connectivity index (χ2v) is 6.91. The van der Waals surface area contributed by atoms with Crippen LogP contribution in [-0.2, 0) is 0 Å². The highest BCUT2D eigenvalue weighted by Gasteiger charge is 2.25. The second-order valence-electron chi connectivity index (χ2n) is 6.91. The van der Waals surface area contributed by atoms with Gasteiger partial charge in [0.25, 0.3) is 5.91 Å². The lowest BCUT2D eigenvalue weighted by Gasteiger charge is -2.34. The first kappa shape index (κ1) is 19.3. The van der Waals surface area contributed by atoms with Crippen molar-refractivity contribution in [2.24, 2.45) is 0 Å². The molecule has 1 fully saturated rings. The number of aliphatic hydroxyl groups is 1. The number of nitrogens with zero attached hydrogens (tertiary/aromatic N) is 3. The fraction of sp³-hybridized carbons (Fsp3) is 0.273. The molecular formula is C22H22FN3O3. The Hall–Kier alpha value is -3.03. The van der Waals surface area contributed by atoms with E-state index in [9.17, 15) is 9.18 Å². The summed E-state index contributed by atoms with van der Waals surface area (Å²) < 4.78 is 19.9. The molecule has 1 aromatic heterocycles. The molecule has 0 aliphatic carbocycles. The third-order valence-corrected chi connectivity index (χ3v) is 5.11. The van der Waals surface area contributed by atoms with Crippen molar-refractivity contribution in [2.75, 3.05) is 39.3 Å². The summed E-state index contributed by atoms with van der Waals surface area (Å²) in [5.74, 6) is 0.124. The van der Waals surface area contributed by atoms with Gasteiger partial charge in [-0.25, -0.2) is 9.37 Å². The molecule has 1 amide bonds. The Bertz CT molecular complexity index is 996. The van der Waals surface area contributed by atoms with E-state index < -0.39 is 0 Å².